The van der Waals surface area contributed by atoms with E-state index in [1.807, 2.05) is 30.3 Å². The summed E-state index contributed by atoms with van der Waals surface area (Å²) in [5.74, 6) is 0.890. The van der Waals surface area contributed by atoms with Crippen molar-refractivity contribution in [2.75, 3.05) is 6.54 Å². The Balaban J connectivity index is 2.05. The van der Waals surface area contributed by atoms with Gasteiger partial charge in [-0.1, -0.05) is 13.0 Å². The molecular weight excluding hydrogens is 270 g/mol. The van der Waals surface area contributed by atoms with E-state index < -0.39 is 0 Å². The quantitative estimate of drug-likeness (QED) is 0.828. The van der Waals surface area contributed by atoms with Crippen molar-refractivity contribution >= 4 is 17.3 Å². The third-order valence-corrected chi connectivity index (χ3v) is 3.22. The summed E-state index contributed by atoms with van der Waals surface area (Å²) < 4.78 is 5.41. The Hall–Kier alpha value is -1.88. The van der Waals surface area contributed by atoms with Crippen LogP contribution in [0.5, 0.6) is 0 Å². The molecule has 0 saturated heterocycles. The minimum atomic E-state index is 0.638. The van der Waals surface area contributed by atoms with Crippen LogP contribution in [0.4, 0.5) is 0 Å². The van der Waals surface area contributed by atoms with E-state index in [4.69, 9.17) is 16.6 Å². The van der Waals surface area contributed by atoms with Crippen LogP contribution < -0.4 is 5.32 Å². The van der Waals surface area contributed by atoms with Crippen LogP contribution in [0.2, 0.25) is 0 Å². The summed E-state index contributed by atoms with van der Waals surface area (Å²) in [6.45, 7) is 4.29. The Labute approximate surface area is 124 Å². The van der Waals surface area contributed by atoms with Gasteiger partial charge in [0.05, 0.1) is 25.0 Å². The fourth-order valence-electron chi connectivity index (χ4n) is 1.82. The molecule has 106 valence electrons. The molecule has 1 N–H and O–H groups in total. The molecule has 20 heavy (non-hydrogen) atoms. The monoisotopic (exact) mass is 289 g/mol. The van der Waals surface area contributed by atoms with Crippen LogP contribution in [0.15, 0.2) is 47.2 Å². The van der Waals surface area contributed by atoms with Crippen molar-refractivity contribution in [3.63, 3.8) is 0 Å². The first-order valence-corrected chi connectivity index (χ1v) is 7.15. The van der Waals surface area contributed by atoms with E-state index in [1.54, 1.807) is 12.5 Å². The largest absolute Gasteiger partial charge is 0.467 e. The van der Waals surface area contributed by atoms with Gasteiger partial charge in [0.25, 0.3) is 0 Å². The molecule has 0 amide bonds. The Kier molecular flexibility index (Phi) is 5.55. The van der Waals surface area contributed by atoms with Crippen molar-refractivity contribution < 1.29 is 4.42 Å². The smallest absolute Gasteiger partial charge is 0.169 e. The van der Waals surface area contributed by atoms with Gasteiger partial charge in [0.15, 0.2) is 5.11 Å². The van der Waals surface area contributed by atoms with Crippen LogP contribution in [-0.2, 0) is 13.1 Å². The molecule has 2 aromatic heterocycles. The highest BCUT2D eigenvalue weighted by Crippen LogP contribution is 2.09. The molecule has 0 aliphatic rings. The molecule has 0 aromatic carbocycles. The van der Waals surface area contributed by atoms with Gasteiger partial charge < -0.3 is 14.6 Å². The lowest BCUT2D eigenvalue weighted by atomic mass is 10.3. The van der Waals surface area contributed by atoms with E-state index >= 15 is 0 Å². The van der Waals surface area contributed by atoms with Gasteiger partial charge in [0.1, 0.15) is 5.76 Å². The molecule has 0 saturated carbocycles. The molecule has 4 nitrogen and oxygen atoms in total. The molecule has 0 spiro atoms. The van der Waals surface area contributed by atoms with Gasteiger partial charge in [0.2, 0.25) is 0 Å². The number of nitrogens with zero attached hydrogens (tertiary/aromatic N) is 2. The van der Waals surface area contributed by atoms with E-state index in [2.05, 4.69) is 22.1 Å². The minimum Gasteiger partial charge on any atom is -0.467 e. The number of nitrogens with one attached hydrogen (secondary N) is 1. The first-order valence-electron chi connectivity index (χ1n) is 6.74. The highest BCUT2D eigenvalue weighted by Gasteiger charge is 2.12. The number of pyridine rings is 1. The molecule has 0 bridgehead atoms. The number of furan rings is 1. The zero-order chi connectivity index (χ0) is 14.2. The number of rotatable bonds is 6. The van der Waals surface area contributed by atoms with Gasteiger partial charge in [-0.15, -0.1) is 0 Å². The molecular formula is C15H19N3OS. The predicted octanol–water partition coefficient (Wildman–Crippen LogP) is 2.96. The fraction of sp³-hybridized carbons (Fsp3) is 0.333. The molecule has 2 rings (SSSR count). The van der Waals surface area contributed by atoms with Crippen LogP contribution in [0, 0.1) is 0 Å². The van der Waals surface area contributed by atoms with Crippen LogP contribution in [0.3, 0.4) is 0 Å². The van der Waals surface area contributed by atoms with Crippen LogP contribution in [-0.4, -0.2) is 21.5 Å². The molecule has 0 aliphatic carbocycles. The topological polar surface area (TPSA) is 41.3 Å². The van der Waals surface area contributed by atoms with E-state index in [0.29, 0.717) is 13.1 Å². The number of thiocarbonyl (C=S) groups is 1. The molecule has 0 aliphatic heterocycles. The normalized spacial score (nSPS) is 10.2. The lowest BCUT2D eigenvalue weighted by Crippen LogP contribution is -2.39. The highest BCUT2D eigenvalue weighted by atomic mass is 32.1. The molecule has 2 aromatic rings. The van der Waals surface area contributed by atoms with Gasteiger partial charge in [-0.3, -0.25) is 4.98 Å². The minimum absolute atomic E-state index is 0.638. The van der Waals surface area contributed by atoms with Gasteiger partial charge in [0, 0.05) is 12.7 Å². The van der Waals surface area contributed by atoms with E-state index in [9.17, 15) is 0 Å². The first kappa shape index (κ1) is 14.5. The van der Waals surface area contributed by atoms with E-state index in [1.165, 1.54) is 0 Å². The predicted molar refractivity (Wildman–Crippen MR) is 83.1 cm³/mol. The molecule has 0 atom stereocenters. The maximum Gasteiger partial charge on any atom is 0.169 e. The SMILES string of the molecule is CCCNC(=S)N(Cc1ccccn1)Cc1ccco1. The number of aromatic nitrogens is 1. The van der Waals surface area contributed by atoms with Gasteiger partial charge in [-0.25, -0.2) is 0 Å². The summed E-state index contributed by atoms with van der Waals surface area (Å²) in [5.41, 5.74) is 0.986. The van der Waals surface area contributed by atoms with Crippen molar-refractivity contribution in [3.8, 4) is 0 Å². The molecule has 0 radical (unpaired) electrons. The zero-order valence-corrected chi connectivity index (χ0v) is 12.4. The maximum absolute atomic E-state index is 5.46. The first-order chi connectivity index (χ1) is 9.79. The lowest BCUT2D eigenvalue weighted by molar-refractivity contribution is 0.348. The molecule has 2 heterocycles. The summed E-state index contributed by atoms with van der Waals surface area (Å²) in [4.78, 5) is 6.41. The maximum atomic E-state index is 5.46. The standard InChI is InChI=1S/C15H19N3OS/c1-2-8-17-15(20)18(12-14-7-5-10-19-14)11-13-6-3-4-9-16-13/h3-7,9-10H,2,8,11-12H2,1H3,(H,17,20). The third-order valence-electron chi connectivity index (χ3n) is 2.82. The Bertz CT molecular complexity index is 513. The second-order valence-electron chi connectivity index (χ2n) is 4.49. The van der Waals surface area contributed by atoms with Crippen LogP contribution >= 0.6 is 12.2 Å². The van der Waals surface area contributed by atoms with Crippen LogP contribution in [0.25, 0.3) is 0 Å². The third kappa shape index (κ3) is 4.35. The van der Waals surface area contributed by atoms with E-state index in [-0.39, 0.29) is 0 Å². The van der Waals surface area contributed by atoms with Crippen molar-refractivity contribution in [1.82, 2.24) is 15.2 Å². The van der Waals surface area contributed by atoms with Crippen LogP contribution in [0.1, 0.15) is 24.8 Å². The van der Waals surface area contributed by atoms with E-state index in [0.717, 1.165) is 29.5 Å². The van der Waals surface area contributed by atoms with Crippen molar-refractivity contribution in [1.29, 1.82) is 0 Å². The second kappa shape index (κ2) is 7.65. The average molecular weight is 289 g/mol. The number of hydrogen-bond donors (Lipinski definition) is 1. The van der Waals surface area contributed by atoms with Crippen molar-refractivity contribution in [2.24, 2.45) is 0 Å². The summed E-state index contributed by atoms with van der Waals surface area (Å²) in [6, 6.07) is 9.73. The highest BCUT2D eigenvalue weighted by molar-refractivity contribution is 7.80. The lowest BCUT2D eigenvalue weighted by Gasteiger charge is -2.24. The molecule has 0 fully saturated rings. The van der Waals surface area contributed by atoms with Crippen molar-refractivity contribution in [2.45, 2.75) is 26.4 Å². The summed E-state index contributed by atoms with van der Waals surface area (Å²) in [6.07, 6.45) is 4.51. The van der Waals surface area contributed by atoms with Gasteiger partial charge in [-0.05, 0) is 42.9 Å². The Morgan fingerprint density at radius 2 is 2.20 bits per heavy atom. The Morgan fingerprint density at radius 3 is 2.85 bits per heavy atom. The summed E-state index contributed by atoms with van der Waals surface area (Å²) in [7, 11) is 0. The van der Waals surface area contributed by atoms with Gasteiger partial charge >= 0.3 is 0 Å². The second-order valence-corrected chi connectivity index (χ2v) is 4.88. The van der Waals surface area contributed by atoms with Crippen molar-refractivity contribution in [3.05, 3.63) is 54.2 Å². The summed E-state index contributed by atoms with van der Waals surface area (Å²) >= 11 is 5.46. The van der Waals surface area contributed by atoms with Gasteiger partial charge in [-0.2, -0.15) is 0 Å². The molecule has 5 heteroatoms. The zero-order valence-electron chi connectivity index (χ0n) is 11.6. The molecule has 0 unspecified atom stereocenters. The summed E-state index contributed by atoms with van der Waals surface area (Å²) in [5, 5.41) is 3.98. The number of hydrogen-bond acceptors (Lipinski definition) is 3. The Morgan fingerprint density at radius 1 is 1.30 bits per heavy atom. The average Bonchev–Trinajstić information content (AvgIpc) is 2.98. The fourth-order valence-corrected chi connectivity index (χ4v) is 2.05.